The van der Waals surface area contributed by atoms with Gasteiger partial charge in [0.05, 0.1) is 6.61 Å². The quantitative estimate of drug-likeness (QED) is 0.568. The van der Waals surface area contributed by atoms with Gasteiger partial charge in [-0.2, -0.15) is 0 Å². The second-order valence-electron chi connectivity index (χ2n) is 4.39. The van der Waals surface area contributed by atoms with Crippen LogP contribution in [0.2, 0.25) is 0 Å². The van der Waals surface area contributed by atoms with Crippen LogP contribution < -0.4 is 0 Å². The van der Waals surface area contributed by atoms with Crippen molar-refractivity contribution < 1.29 is 19.4 Å². The Bertz CT molecular complexity index is 285. The molecule has 2 saturated carbocycles. The molecule has 0 amide bonds. The Morgan fingerprint density at radius 3 is 2.27 bits per heavy atom. The molecule has 2 unspecified atom stereocenters. The van der Waals surface area contributed by atoms with Gasteiger partial charge in [-0.15, -0.1) is 0 Å². The van der Waals surface area contributed by atoms with Gasteiger partial charge >= 0.3 is 11.9 Å². The second kappa shape index (κ2) is 3.51. The molecule has 2 aliphatic rings. The summed E-state index contributed by atoms with van der Waals surface area (Å²) in [6.07, 6.45) is 3.79. The molecule has 0 bridgehead atoms. The van der Waals surface area contributed by atoms with Crippen molar-refractivity contribution in [2.24, 2.45) is 17.3 Å². The molecule has 0 aromatic carbocycles. The minimum atomic E-state index is -1.19. The van der Waals surface area contributed by atoms with Gasteiger partial charge in [0.1, 0.15) is 0 Å². The molecule has 0 aromatic rings. The number of fused-ring (bicyclic) bond motifs is 1. The van der Waals surface area contributed by atoms with Crippen LogP contribution in [0.15, 0.2) is 0 Å². The molecule has 1 N–H and O–H groups in total. The Hall–Kier alpha value is -1.06. The lowest BCUT2D eigenvalue weighted by Crippen LogP contribution is -2.31. The minimum Gasteiger partial charge on any atom is -0.480 e. The third kappa shape index (κ3) is 1.27. The first-order valence-corrected chi connectivity index (χ1v) is 5.56. The van der Waals surface area contributed by atoms with E-state index in [1.54, 1.807) is 6.92 Å². The molecule has 4 nitrogen and oxygen atoms in total. The fraction of sp³-hybridized carbons (Fsp3) is 0.818. The number of hydrogen-bond acceptors (Lipinski definition) is 3. The first kappa shape index (κ1) is 10.5. The molecule has 4 heteroatoms. The van der Waals surface area contributed by atoms with Gasteiger partial charge in [0, 0.05) is 0 Å². The first-order valence-electron chi connectivity index (χ1n) is 5.56. The average molecular weight is 212 g/mol. The van der Waals surface area contributed by atoms with Crippen molar-refractivity contribution in [2.45, 2.75) is 32.6 Å². The summed E-state index contributed by atoms with van der Waals surface area (Å²) in [5.74, 6) is -1.45. The molecular weight excluding hydrogens is 196 g/mol. The Morgan fingerprint density at radius 2 is 1.87 bits per heavy atom. The van der Waals surface area contributed by atoms with Crippen LogP contribution in [0.3, 0.4) is 0 Å². The predicted molar refractivity (Wildman–Crippen MR) is 52.1 cm³/mol. The normalized spacial score (nSPS) is 37.9. The summed E-state index contributed by atoms with van der Waals surface area (Å²) in [5, 5.41) is 9.23. The molecule has 2 rings (SSSR count). The van der Waals surface area contributed by atoms with Crippen molar-refractivity contribution >= 4 is 11.9 Å². The first-order chi connectivity index (χ1) is 7.15. The van der Waals surface area contributed by atoms with Gasteiger partial charge in [-0.3, -0.25) is 9.59 Å². The second-order valence-corrected chi connectivity index (χ2v) is 4.39. The number of carboxylic acid groups (broad SMARTS) is 1. The van der Waals surface area contributed by atoms with Crippen molar-refractivity contribution in [1.82, 2.24) is 0 Å². The zero-order valence-electron chi connectivity index (χ0n) is 8.86. The van der Waals surface area contributed by atoms with E-state index < -0.39 is 17.4 Å². The van der Waals surface area contributed by atoms with Gasteiger partial charge in [0.25, 0.3) is 0 Å². The molecule has 0 saturated heterocycles. The highest BCUT2D eigenvalue weighted by molar-refractivity contribution is 6.03. The van der Waals surface area contributed by atoms with E-state index in [2.05, 4.69) is 0 Å². The van der Waals surface area contributed by atoms with Gasteiger partial charge in [-0.25, -0.2) is 0 Å². The number of carbonyl (C=O) groups excluding carboxylic acids is 1. The molecule has 0 spiro atoms. The summed E-state index contributed by atoms with van der Waals surface area (Å²) in [7, 11) is 0. The van der Waals surface area contributed by atoms with Gasteiger partial charge in [0.2, 0.25) is 0 Å². The van der Waals surface area contributed by atoms with Crippen molar-refractivity contribution in [3.63, 3.8) is 0 Å². The van der Waals surface area contributed by atoms with Crippen LogP contribution in [0.25, 0.3) is 0 Å². The van der Waals surface area contributed by atoms with Crippen LogP contribution in [0.4, 0.5) is 0 Å². The van der Waals surface area contributed by atoms with E-state index in [4.69, 9.17) is 4.74 Å². The zero-order valence-corrected chi connectivity index (χ0v) is 8.86. The van der Waals surface area contributed by atoms with Gasteiger partial charge in [0.15, 0.2) is 5.41 Å². The van der Waals surface area contributed by atoms with Crippen molar-refractivity contribution in [2.75, 3.05) is 6.61 Å². The van der Waals surface area contributed by atoms with Crippen molar-refractivity contribution in [1.29, 1.82) is 0 Å². The van der Waals surface area contributed by atoms with Crippen LogP contribution >= 0.6 is 0 Å². The van der Waals surface area contributed by atoms with E-state index in [1.165, 1.54) is 0 Å². The zero-order chi connectivity index (χ0) is 11.1. The maximum absolute atomic E-state index is 11.7. The SMILES string of the molecule is CCOC(=O)C1(C(=O)O)C2CCCCC21. The third-order valence-electron chi connectivity index (χ3n) is 3.79. The molecular formula is C11H16O4. The van der Waals surface area contributed by atoms with Gasteiger partial charge in [-0.1, -0.05) is 12.8 Å². The largest absolute Gasteiger partial charge is 0.480 e. The van der Waals surface area contributed by atoms with E-state index in [0.717, 1.165) is 25.7 Å². The monoisotopic (exact) mass is 212 g/mol. The topological polar surface area (TPSA) is 63.6 Å². The van der Waals surface area contributed by atoms with Crippen LogP contribution in [-0.4, -0.2) is 23.7 Å². The van der Waals surface area contributed by atoms with Crippen molar-refractivity contribution in [3.05, 3.63) is 0 Å². The number of ether oxygens (including phenoxy) is 1. The fourth-order valence-electron chi connectivity index (χ4n) is 3.08. The van der Waals surface area contributed by atoms with E-state index in [-0.39, 0.29) is 18.4 Å². The number of rotatable bonds is 3. The average Bonchev–Trinajstić information content (AvgIpc) is 2.88. The lowest BCUT2D eigenvalue weighted by atomic mass is 10.0. The van der Waals surface area contributed by atoms with Crippen molar-refractivity contribution in [3.8, 4) is 0 Å². The van der Waals surface area contributed by atoms with E-state index in [0.29, 0.717) is 0 Å². The van der Waals surface area contributed by atoms with Gasteiger partial charge in [-0.05, 0) is 31.6 Å². The summed E-state index contributed by atoms with van der Waals surface area (Å²) in [4.78, 5) is 23.0. The Kier molecular flexibility index (Phi) is 2.44. The number of aliphatic carboxylic acids is 1. The summed E-state index contributed by atoms with van der Waals surface area (Å²) in [6, 6.07) is 0. The summed E-state index contributed by atoms with van der Waals surface area (Å²) in [5.41, 5.74) is -1.19. The number of carbonyl (C=O) groups is 2. The van der Waals surface area contributed by atoms with Gasteiger partial charge < -0.3 is 9.84 Å². The molecule has 2 fully saturated rings. The number of esters is 1. The fourth-order valence-corrected chi connectivity index (χ4v) is 3.08. The molecule has 2 aliphatic carbocycles. The highest BCUT2D eigenvalue weighted by Gasteiger charge is 2.75. The summed E-state index contributed by atoms with van der Waals surface area (Å²) < 4.78 is 4.90. The molecule has 0 heterocycles. The number of hydrogen-bond donors (Lipinski definition) is 1. The van der Waals surface area contributed by atoms with Crippen LogP contribution in [0, 0.1) is 17.3 Å². The molecule has 2 atom stereocenters. The molecule has 0 aliphatic heterocycles. The minimum absolute atomic E-state index is 0.0304. The lowest BCUT2D eigenvalue weighted by Gasteiger charge is -2.10. The maximum atomic E-state index is 11.7. The highest BCUT2D eigenvalue weighted by Crippen LogP contribution is 2.66. The smallest absolute Gasteiger partial charge is 0.324 e. The van der Waals surface area contributed by atoms with Crippen LogP contribution in [0.1, 0.15) is 32.6 Å². The Labute approximate surface area is 88.6 Å². The Balaban J connectivity index is 2.20. The van der Waals surface area contributed by atoms with E-state index in [1.807, 2.05) is 0 Å². The van der Waals surface area contributed by atoms with E-state index >= 15 is 0 Å². The third-order valence-corrected chi connectivity index (χ3v) is 3.79. The van der Waals surface area contributed by atoms with Crippen LogP contribution in [-0.2, 0) is 14.3 Å². The lowest BCUT2D eigenvalue weighted by molar-refractivity contribution is -0.162. The molecule has 0 radical (unpaired) electrons. The molecule has 84 valence electrons. The molecule has 0 aromatic heterocycles. The number of carboxylic acids is 1. The maximum Gasteiger partial charge on any atom is 0.324 e. The van der Waals surface area contributed by atoms with Crippen LogP contribution in [0.5, 0.6) is 0 Å². The summed E-state index contributed by atoms with van der Waals surface area (Å²) >= 11 is 0. The van der Waals surface area contributed by atoms with E-state index in [9.17, 15) is 14.7 Å². The highest BCUT2D eigenvalue weighted by atomic mass is 16.5. The molecule has 15 heavy (non-hydrogen) atoms. The standard InChI is InChI=1S/C11H16O4/c1-2-15-10(14)11(9(12)13)7-5-3-4-6-8(7)11/h7-8H,2-6H2,1H3,(H,12,13). The predicted octanol–water partition coefficient (Wildman–Crippen LogP) is 1.44. The Morgan fingerprint density at radius 1 is 1.33 bits per heavy atom. The summed E-state index contributed by atoms with van der Waals surface area (Å²) in [6.45, 7) is 1.97.